The number of rotatable bonds is 10. The second-order valence-electron chi connectivity index (χ2n) is 11.7. The molecule has 13 heteroatoms. The molecule has 4 atom stereocenters. The fraction of sp³-hybridized carbons (Fsp3) is 0.375. The minimum atomic E-state index is -1.36. The molecule has 5 rings (SSSR count). The van der Waals surface area contributed by atoms with Crippen LogP contribution in [0.4, 0.5) is 5.69 Å². The number of aromatic nitrogens is 2. The van der Waals surface area contributed by atoms with E-state index in [1.807, 2.05) is 79.4 Å². The van der Waals surface area contributed by atoms with Crippen LogP contribution in [0.5, 0.6) is 0 Å². The van der Waals surface area contributed by atoms with E-state index in [2.05, 4.69) is 20.6 Å². The van der Waals surface area contributed by atoms with Gasteiger partial charge in [0.25, 0.3) is 5.91 Å². The molecule has 1 unspecified atom stereocenters. The van der Waals surface area contributed by atoms with Crippen molar-refractivity contribution in [3.63, 3.8) is 0 Å². The van der Waals surface area contributed by atoms with Gasteiger partial charge >= 0.3 is 19.1 Å². The third-order valence-corrected chi connectivity index (χ3v) is 7.98. The van der Waals surface area contributed by atoms with Gasteiger partial charge < -0.3 is 24.8 Å². The highest BCUT2D eigenvalue weighted by Crippen LogP contribution is 2.26. The summed E-state index contributed by atoms with van der Waals surface area (Å²) in [4.78, 5) is 65.6. The van der Waals surface area contributed by atoms with Gasteiger partial charge in [-0.2, -0.15) is 0 Å². The van der Waals surface area contributed by atoms with Gasteiger partial charge in [0.15, 0.2) is 0 Å². The molecule has 3 aromatic rings. The van der Waals surface area contributed by atoms with Crippen molar-refractivity contribution in [1.29, 1.82) is 0 Å². The van der Waals surface area contributed by atoms with Crippen molar-refractivity contribution in [2.45, 2.75) is 50.8 Å². The number of carbonyl (C=O) groups excluding carboxylic acids is 4. The van der Waals surface area contributed by atoms with E-state index in [1.165, 1.54) is 18.6 Å². The van der Waals surface area contributed by atoms with Gasteiger partial charge in [-0.15, -0.1) is 0 Å². The van der Waals surface area contributed by atoms with Crippen molar-refractivity contribution in [3.8, 4) is 0 Å². The largest absolute Gasteiger partial charge is 0.622 e. The Morgan fingerprint density at radius 1 is 0.933 bits per heavy atom. The van der Waals surface area contributed by atoms with Crippen LogP contribution in [0.2, 0.25) is 0 Å². The van der Waals surface area contributed by atoms with Gasteiger partial charge in [-0.05, 0) is 37.1 Å². The number of carbonyl (C=O) groups is 4. The zero-order valence-electron chi connectivity index (χ0n) is 25.5. The molecule has 2 aliphatic rings. The number of anilines is 1. The first-order valence-electron chi connectivity index (χ1n) is 15.0. The number of benzene rings is 2. The van der Waals surface area contributed by atoms with Crippen molar-refractivity contribution >= 4 is 36.6 Å². The molecule has 0 aliphatic carbocycles. The third-order valence-electron chi connectivity index (χ3n) is 7.98. The van der Waals surface area contributed by atoms with Gasteiger partial charge in [0, 0.05) is 37.6 Å². The van der Waals surface area contributed by atoms with E-state index in [4.69, 9.17) is 9.31 Å². The number of para-hydroxylation sites is 1. The Balaban J connectivity index is 1.36. The van der Waals surface area contributed by atoms with Crippen molar-refractivity contribution in [1.82, 2.24) is 25.5 Å². The number of hydrogen-bond acceptors (Lipinski definition) is 10. The molecule has 45 heavy (non-hydrogen) atoms. The Labute approximate surface area is 262 Å². The fourth-order valence-corrected chi connectivity index (χ4v) is 5.61. The number of piperazine rings is 1. The first-order valence-corrected chi connectivity index (χ1v) is 15.0. The summed E-state index contributed by atoms with van der Waals surface area (Å²) in [7, 11) is 0.355. The van der Waals surface area contributed by atoms with Crippen LogP contribution in [0.15, 0.2) is 79.3 Å². The van der Waals surface area contributed by atoms with E-state index < -0.39 is 54.9 Å². The van der Waals surface area contributed by atoms with Crippen molar-refractivity contribution in [2.24, 2.45) is 5.92 Å². The van der Waals surface area contributed by atoms with Crippen LogP contribution in [-0.2, 0) is 30.1 Å². The molecule has 2 fully saturated rings. The molecule has 2 saturated heterocycles. The van der Waals surface area contributed by atoms with Crippen LogP contribution in [0.1, 0.15) is 36.3 Å². The Morgan fingerprint density at radius 2 is 1.56 bits per heavy atom. The molecular weight excluding hydrogens is 575 g/mol. The molecule has 2 amide bonds. The second-order valence-corrected chi connectivity index (χ2v) is 11.7. The second kappa shape index (κ2) is 14.3. The quantitative estimate of drug-likeness (QED) is 0.325. The van der Waals surface area contributed by atoms with E-state index in [9.17, 15) is 19.2 Å². The molecule has 2 bridgehead atoms. The number of nitrogens with zero attached hydrogens (tertiary/aromatic N) is 4. The molecule has 3 heterocycles. The van der Waals surface area contributed by atoms with Crippen LogP contribution < -0.4 is 15.5 Å². The summed E-state index contributed by atoms with van der Waals surface area (Å²) in [5.74, 6) is -3.03. The van der Waals surface area contributed by atoms with E-state index in [0.717, 1.165) is 11.3 Å². The molecule has 2 aromatic carbocycles. The number of fused-ring (bicyclic) bond motifs is 2. The van der Waals surface area contributed by atoms with Crippen LogP contribution in [0.25, 0.3) is 0 Å². The third kappa shape index (κ3) is 7.85. The lowest BCUT2D eigenvalue weighted by molar-refractivity contribution is -0.155. The molecule has 0 radical (unpaired) electrons. The number of hydrogen-bond donors (Lipinski definition) is 2. The summed E-state index contributed by atoms with van der Waals surface area (Å²) in [6, 6.07) is 16.3. The van der Waals surface area contributed by atoms with E-state index >= 15 is 0 Å². The van der Waals surface area contributed by atoms with E-state index in [1.54, 1.807) is 11.9 Å². The molecule has 2 N–H and O–H groups in total. The maximum atomic E-state index is 13.9. The molecule has 0 saturated carbocycles. The standard InChI is InChI=1S/C32H37BN6O6/c1-21(2)16-28(37-29(40)24(17-22-10-6-4-7-11-22)36-30(41)25-18-34-14-15-35-25)33-44-31(42)26-19-39(23-12-8-5-9-13-23)20-27(38(26)3)32(43)45-33/h4-15,18,21,24,26-28H,16-17,19-20H2,1-3H3,(H,36,41)(H,37,40)/t24?,26-,27+,28-/m0/s1. The Bertz CT molecular complexity index is 1450. The van der Waals surface area contributed by atoms with E-state index in [0.29, 0.717) is 19.5 Å². The highest BCUT2D eigenvalue weighted by Gasteiger charge is 2.50. The van der Waals surface area contributed by atoms with Gasteiger partial charge in [-0.25, -0.2) is 4.98 Å². The van der Waals surface area contributed by atoms with Crippen molar-refractivity contribution < 1.29 is 28.5 Å². The topological polar surface area (TPSA) is 143 Å². The minimum absolute atomic E-state index is 0.0376. The highest BCUT2D eigenvalue weighted by atomic mass is 16.6. The first kappa shape index (κ1) is 31.6. The average molecular weight is 612 g/mol. The van der Waals surface area contributed by atoms with Crippen LogP contribution >= 0.6 is 0 Å². The summed E-state index contributed by atoms with van der Waals surface area (Å²) < 4.78 is 11.7. The number of likely N-dealkylation sites (N-methyl/N-ethyl adjacent to an activating group) is 1. The van der Waals surface area contributed by atoms with Gasteiger partial charge in [0.05, 0.1) is 12.1 Å². The van der Waals surface area contributed by atoms with E-state index in [-0.39, 0.29) is 18.0 Å². The SMILES string of the molecule is CC(C)C[C@H](NC(=O)C(Cc1ccccc1)NC(=O)c1cnccn1)B1OC(=O)[C@H]2CN(c3ccccc3)C[C@@H](C(=O)O1)N2C. The summed E-state index contributed by atoms with van der Waals surface area (Å²) in [5, 5.41) is 5.69. The summed E-state index contributed by atoms with van der Waals surface area (Å²) in [6.45, 7) is 4.54. The lowest BCUT2D eigenvalue weighted by Crippen LogP contribution is -2.67. The van der Waals surface area contributed by atoms with Gasteiger partial charge in [0.1, 0.15) is 23.8 Å². The van der Waals surface area contributed by atoms with Crippen molar-refractivity contribution in [3.05, 3.63) is 90.5 Å². The lowest BCUT2D eigenvalue weighted by atomic mass is 9.73. The van der Waals surface area contributed by atoms with Gasteiger partial charge in [-0.3, -0.25) is 29.1 Å². The van der Waals surface area contributed by atoms with Crippen molar-refractivity contribution in [2.75, 3.05) is 25.0 Å². The Kier molecular flexibility index (Phi) is 10.1. The Morgan fingerprint density at radius 3 is 2.13 bits per heavy atom. The summed E-state index contributed by atoms with van der Waals surface area (Å²) in [5.41, 5.74) is 1.77. The number of amides is 2. The van der Waals surface area contributed by atoms with Gasteiger partial charge in [-0.1, -0.05) is 62.4 Å². The predicted octanol–water partition coefficient (Wildman–Crippen LogP) is 1.67. The summed E-state index contributed by atoms with van der Waals surface area (Å²) >= 11 is 0. The monoisotopic (exact) mass is 612 g/mol. The molecule has 234 valence electrons. The number of nitrogens with one attached hydrogen (secondary N) is 2. The molecule has 1 aromatic heterocycles. The summed E-state index contributed by atoms with van der Waals surface area (Å²) in [6.07, 6.45) is 4.68. The first-order chi connectivity index (χ1) is 21.7. The smallest absolute Gasteiger partial charge is 0.497 e. The van der Waals surface area contributed by atoms with Crippen LogP contribution in [0.3, 0.4) is 0 Å². The minimum Gasteiger partial charge on any atom is -0.497 e. The normalized spacial score (nSPS) is 19.9. The highest BCUT2D eigenvalue weighted by molar-refractivity contribution is 6.51. The lowest BCUT2D eigenvalue weighted by Gasteiger charge is -2.45. The van der Waals surface area contributed by atoms with Crippen LogP contribution in [-0.4, -0.2) is 89.9 Å². The van der Waals surface area contributed by atoms with Crippen LogP contribution in [0, 0.1) is 5.92 Å². The maximum Gasteiger partial charge on any atom is 0.622 e. The zero-order valence-corrected chi connectivity index (χ0v) is 25.5. The van der Waals surface area contributed by atoms with Gasteiger partial charge in [0.2, 0.25) is 5.91 Å². The molecular formula is C32H37BN6O6. The maximum absolute atomic E-state index is 13.9. The molecule has 0 spiro atoms. The predicted molar refractivity (Wildman–Crippen MR) is 167 cm³/mol. The molecule has 2 aliphatic heterocycles. The molecule has 12 nitrogen and oxygen atoms in total. The average Bonchev–Trinajstić information content (AvgIpc) is 3.04. The zero-order chi connectivity index (χ0) is 31.9. The Hall–Kier alpha value is -4.78. The fourth-order valence-electron chi connectivity index (χ4n) is 5.61.